The average molecular weight is 591 g/mol. The highest BCUT2D eigenvalue weighted by Crippen LogP contribution is 2.47. The predicted molar refractivity (Wildman–Crippen MR) is 154 cm³/mol. The molecule has 0 amide bonds. The molecule has 33 heavy (non-hydrogen) atoms. The van der Waals surface area contributed by atoms with Gasteiger partial charge in [0.15, 0.2) is 0 Å². The normalized spacial score (nSPS) is 14.4. The zero-order valence-corrected chi connectivity index (χ0v) is 25.0. The van der Waals surface area contributed by atoms with Crippen molar-refractivity contribution in [2.45, 2.75) is 76.6 Å². The van der Waals surface area contributed by atoms with E-state index in [1.807, 2.05) is 0 Å². The SMILES string of the molecule is CC(C)[Si](OC(CC(CBr)c1ccc2ccccc2c1Br)c1ccccc1)(C(C)C)C(C)C. The third kappa shape index (κ3) is 5.66. The highest BCUT2D eigenvalue weighted by molar-refractivity contribution is 9.10. The standard InChI is InChI=1S/C29H38Br2OSi/c1-20(2)33(21(3)4,22(5)6)32-28(24-13-8-7-9-14-24)18-25(19-30)27-17-16-23-12-10-11-15-26(23)29(27)31/h7-17,20-22,25,28H,18-19H2,1-6H3. The molecule has 3 rings (SSSR count). The van der Waals surface area contributed by atoms with Gasteiger partial charge >= 0.3 is 0 Å². The van der Waals surface area contributed by atoms with Gasteiger partial charge in [0.25, 0.3) is 0 Å². The third-order valence-electron chi connectivity index (χ3n) is 7.24. The molecule has 0 aliphatic carbocycles. The topological polar surface area (TPSA) is 9.23 Å². The van der Waals surface area contributed by atoms with Gasteiger partial charge in [-0.2, -0.15) is 0 Å². The Morgan fingerprint density at radius 3 is 1.91 bits per heavy atom. The van der Waals surface area contributed by atoms with Crippen molar-refractivity contribution < 1.29 is 4.43 Å². The fourth-order valence-electron chi connectivity index (χ4n) is 5.67. The summed E-state index contributed by atoms with van der Waals surface area (Å²) in [6.45, 7) is 14.2. The van der Waals surface area contributed by atoms with Crippen LogP contribution >= 0.6 is 31.9 Å². The van der Waals surface area contributed by atoms with E-state index in [2.05, 4.69) is 140 Å². The Bertz CT molecular complexity index is 1010. The molecule has 3 aromatic rings. The first-order valence-electron chi connectivity index (χ1n) is 12.2. The number of hydrogen-bond acceptors (Lipinski definition) is 1. The largest absolute Gasteiger partial charge is 0.409 e. The summed E-state index contributed by atoms with van der Waals surface area (Å²) in [5.74, 6) is 0.340. The van der Waals surface area contributed by atoms with E-state index >= 15 is 0 Å². The van der Waals surface area contributed by atoms with Crippen molar-refractivity contribution in [2.75, 3.05) is 5.33 Å². The summed E-state index contributed by atoms with van der Waals surface area (Å²) in [6, 6.07) is 24.0. The summed E-state index contributed by atoms with van der Waals surface area (Å²) in [5.41, 5.74) is 4.30. The highest BCUT2D eigenvalue weighted by atomic mass is 79.9. The van der Waals surface area contributed by atoms with E-state index in [1.165, 1.54) is 26.4 Å². The summed E-state index contributed by atoms with van der Waals surface area (Å²) >= 11 is 7.80. The number of hydrogen-bond donors (Lipinski definition) is 0. The van der Waals surface area contributed by atoms with E-state index in [1.54, 1.807) is 0 Å². The molecule has 0 bridgehead atoms. The van der Waals surface area contributed by atoms with Crippen molar-refractivity contribution >= 4 is 50.9 Å². The Hall–Kier alpha value is -0.943. The zero-order valence-electron chi connectivity index (χ0n) is 20.8. The second-order valence-electron chi connectivity index (χ2n) is 10.1. The number of benzene rings is 3. The van der Waals surface area contributed by atoms with Crippen LogP contribution in [0.5, 0.6) is 0 Å². The van der Waals surface area contributed by atoms with Crippen LogP contribution in [0.3, 0.4) is 0 Å². The van der Waals surface area contributed by atoms with E-state index in [4.69, 9.17) is 4.43 Å². The number of fused-ring (bicyclic) bond motifs is 1. The summed E-state index contributed by atoms with van der Waals surface area (Å²) in [6.07, 6.45) is 1.03. The quantitative estimate of drug-likeness (QED) is 0.169. The Morgan fingerprint density at radius 2 is 1.33 bits per heavy atom. The van der Waals surface area contributed by atoms with Crippen molar-refractivity contribution in [3.8, 4) is 0 Å². The molecule has 2 atom stereocenters. The molecule has 0 heterocycles. The molecule has 0 aromatic heterocycles. The molecule has 4 heteroatoms. The van der Waals surface area contributed by atoms with Gasteiger partial charge < -0.3 is 4.43 Å². The Balaban J connectivity index is 2.04. The molecule has 1 nitrogen and oxygen atoms in total. The average Bonchev–Trinajstić information content (AvgIpc) is 2.80. The molecule has 0 N–H and O–H groups in total. The Morgan fingerprint density at radius 1 is 0.758 bits per heavy atom. The van der Waals surface area contributed by atoms with Crippen LogP contribution in [0, 0.1) is 0 Å². The maximum atomic E-state index is 7.39. The van der Waals surface area contributed by atoms with Crippen LogP contribution in [0.4, 0.5) is 0 Å². The van der Waals surface area contributed by atoms with E-state index in [-0.39, 0.29) is 6.10 Å². The van der Waals surface area contributed by atoms with Crippen LogP contribution in [0.1, 0.15) is 71.1 Å². The molecule has 0 saturated carbocycles. The van der Waals surface area contributed by atoms with Gasteiger partial charge in [0.1, 0.15) is 0 Å². The smallest absolute Gasteiger partial charge is 0.201 e. The second-order valence-corrected chi connectivity index (χ2v) is 17.0. The minimum atomic E-state index is -2.04. The highest BCUT2D eigenvalue weighted by Gasteiger charge is 2.47. The lowest BCUT2D eigenvalue weighted by Gasteiger charge is -2.45. The van der Waals surface area contributed by atoms with Gasteiger partial charge in [0.05, 0.1) is 6.10 Å². The van der Waals surface area contributed by atoms with Crippen molar-refractivity contribution in [2.24, 2.45) is 0 Å². The molecule has 0 fully saturated rings. The number of rotatable bonds is 10. The number of halogens is 2. The second kappa shape index (κ2) is 11.7. The summed E-state index contributed by atoms with van der Waals surface area (Å²) < 4.78 is 8.60. The lowest BCUT2D eigenvalue weighted by Crippen LogP contribution is -2.48. The molecule has 0 aliphatic rings. The maximum Gasteiger partial charge on any atom is 0.201 e. The van der Waals surface area contributed by atoms with Crippen molar-refractivity contribution in [3.63, 3.8) is 0 Å². The fraction of sp³-hybridized carbons (Fsp3) is 0.448. The zero-order chi connectivity index (χ0) is 24.2. The molecular formula is C29H38Br2OSi. The van der Waals surface area contributed by atoms with E-state index in [9.17, 15) is 0 Å². The molecule has 178 valence electrons. The minimum absolute atomic E-state index is 0.0750. The van der Waals surface area contributed by atoms with Gasteiger partial charge in [-0.1, -0.05) is 124 Å². The monoisotopic (exact) mass is 588 g/mol. The van der Waals surface area contributed by atoms with Gasteiger partial charge in [-0.15, -0.1) is 0 Å². The third-order valence-corrected chi connectivity index (χ3v) is 15.0. The summed E-state index contributed by atoms with van der Waals surface area (Å²) in [7, 11) is -2.04. The van der Waals surface area contributed by atoms with E-state index in [0.29, 0.717) is 22.5 Å². The molecule has 0 radical (unpaired) electrons. The Labute approximate surface area is 218 Å². The van der Waals surface area contributed by atoms with Crippen LogP contribution in [0.25, 0.3) is 10.8 Å². The van der Waals surface area contributed by atoms with Gasteiger partial charge in [-0.05, 0) is 66.8 Å². The van der Waals surface area contributed by atoms with Gasteiger partial charge in [-0.25, -0.2) is 0 Å². The summed E-state index contributed by atoms with van der Waals surface area (Å²) in [4.78, 5) is 0. The molecule has 0 saturated heterocycles. The molecule has 0 aliphatic heterocycles. The van der Waals surface area contributed by atoms with Crippen molar-refractivity contribution in [3.05, 3.63) is 82.3 Å². The van der Waals surface area contributed by atoms with Crippen molar-refractivity contribution in [1.82, 2.24) is 0 Å². The maximum absolute atomic E-state index is 7.39. The van der Waals surface area contributed by atoms with E-state index in [0.717, 1.165) is 11.8 Å². The van der Waals surface area contributed by atoms with Crippen LogP contribution in [-0.4, -0.2) is 13.6 Å². The lowest BCUT2D eigenvalue weighted by atomic mass is 9.91. The molecule has 0 spiro atoms. The van der Waals surface area contributed by atoms with Crippen LogP contribution in [-0.2, 0) is 4.43 Å². The van der Waals surface area contributed by atoms with Gasteiger partial charge in [-0.3, -0.25) is 0 Å². The first kappa shape index (κ1) is 26.7. The van der Waals surface area contributed by atoms with Crippen molar-refractivity contribution in [1.29, 1.82) is 0 Å². The van der Waals surface area contributed by atoms with Crippen LogP contribution in [0.15, 0.2) is 71.2 Å². The molecular weight excluding hydrogens is 552 g/mol. The first-order valence-corrected chi connectivity index (χ1v) is 16.2. The minimum Gasteiger partial charge on any atom is -0.409 e. The fourth-order valence-corrected chi connectivity index (χ4v) is 12.6. The van der Waals surface area contributed by atoms with Gasteiger partial charge in [0.2, 0.25) is 8.32 Å². The lowest BCUT2D eigenvalue weighted by molar-refractivity contribution is 0.160. The number of alkyl halides is 1. The van der Waals surface area contributed by atoms with Crippen LogP contribution < -0.4 is 0 Å². The predicted octanol–water partition coefficient (Wildman–Crippen LogP) is 10.4. The Kier molecular flexibility index (Phi) is 9.42. The molecule has 2 unspecified atom stereocenters. The summed E-state index contributed by atoms with van der Waals surface area (Å²) in [5, 5.41) is 3.44. The first-order chi connectivity index (χ1) is 15.7. The van der Waals surface area contributed by atoms with Gasteiger partial charge in [0, 0.05) is 9.80 Å². The van der Waals surface area contributed by atoms with Crippen LogP contribution in [0.2, 0.25) is 16.6 Å². The molecule has 3 aromatic carbocycles. The van der Waals surface area contributed by atoms with E-state index < -0.39 is 8.32 Å².